The third-order valence-electron chi connectivity index (χ3n) is 6.04. The van der Waals surface area contributed by atoms with E-state index < -0.39 is 0 Å². The van der Waals surface area contributed by atoms with E-state index in [4.69, 9.17) is 18.7 Å². The molecule has 0 radical (unpaired) electrons. The number of Topliss-reactive ketones (excluding diaryl/α,β-unsaturated/α-hetero) is 1. The van der Waals surface area contributed by atoms with Gasteiger partial charge in [0.15, 0.2) is 17.3 Å². The standard InChI is InChI=1S/C25H27N3O5/c1-2-30-20-6-4-3-5-19(20)25-26-23(33-27-25)16-28-11-9-17(10-12-28)24(29)18-7-8-21-22(15-18)32-14-13-31-21/h3-8,15,17H,2,9-14,16H2,1H3. The van der Waals surface area contributed by atoms with Crippen LogP contribution in [-0.4, -0.2) is 53.7 Å². The van der Waals surface area contributed by atoms with Gasteiger partial charge in [0.1, 0.15) is 19.0 Å². The Bertz CT molecular complexity index is 1120. The van der Waals surface area contributed by atoms with E-state index in [0.29, 0.717) is 55.1 Å². The predicted molar refractivity (Wildman–Crippen MR) is 121 cm³/mol. The van der Waals surface area contributed by atoms with Crippen LogP contribution in [0.25, 0.3) is 11.4 Å². The fourth-order valence-corrected chi connectivity index (χ4v) is 4.34. The summed E-state index contributed by atoms with van der Waals surface area (Å²) >= 11 is 0. The Morgan fingerprint density at radius 2 is 1.88 bits per heavy atom. The second kappa shape index (κ2) is 9.62. The van der Waals surface area contributed by atoms with Crippen LogP contribution in [0.4, 0.5) is 0 Å². The highest BCUT2D eigenvalue weighted by Gasteiger charge is 2.28. The van der Waals surface area contributed by atoms with E-state index in [0.717, 1.165) is 37.2 Å². The van der Waals surface area contributed by atoms with Crippen molar-refractivity contribution in [3.8, 4) is 28.6 Å². The Morgan fingerprint density at radius 1 is 1.09 bits per heavy atom. The molecule has 3 heterocycles. The molecule has 0 unspecified atom stereocenters. The van der Waals surface area contributed by atoms with Crippen LogP contribution in [0.1, 0.15) is 36.0 Å². The molecular weight excluding hydrogens is 422 g/mol. The third-order valence-corrected chi connectivity index (χ3v) is 6.04. The van der Waals surface area contributed by atoms with Gasteiger partial charge < -0.3 is 18.7 Å². The van der Waals surface area contributed by atoms with Gasteiger partial charge >= 0.3 is 0 Å². The lowest BCUT2D eigenvalue weighted by Gasteiger charge is -2.30. The summed E-state index contributed by atoms with van der Waals surface area (Å²) in [5.74, 6) is 3.36. The van der Waals surface area contributed by atoms with E-state index in [1.807, 2.05) is 49.4 Å². The van der Waals surface area contributed by atoms with E-state index in [1.165, 1.54) is 0 Å². The summed E-state index contributed by atoms with van der Waals surface area (Å²) in [6.07, 6.45) is 1.59. The lowest BCUT2D eigenvalue weighted by atomic mass is 9.88. The van der Waals surface area contributed by atoms with Crippen LogP contribution in [0.5, 0.6) is 17.2 Å². The molecule has 0 spiro atoms. The first-order valence-corrected chi connectivity index (χ1v) is 11.4. The maximum Gasteiger partial charge on any atom is 0.241 e. The van der Waals surface area contributed by atoms with Crippen LogP contribution in [0.3, 0.4) is 0 Å². The first-order chi connectivity index (χ1) is 16.2. The molecule has 0 bridgehead atoms. The summed E-state index contributed by atoms with van der Waals surface area (Å²) in [5, 5.41) is 4.14. The number of aromatic nitrogens is 2. The van der Waals surface area contributed by atoms with E-state index in [9.17, 15) is 4.79 Å². The number of fused-ring (bicyclic) bond motifs is 1. The second-order valence-corrected chi connectivity index (χ2v) is 8.21. The number of piperidine rings is 1. The van der Waals surface area contributed by atoms with E-state index in [2.05, 4.69) is 15.0 Å². The summed E-state index contributed by atoms with van der Waals surface area (Å²) in [7, 11) is 0. The fourth-order valence-electron chi connectivity index (χ4n) is 4.34. The van der Waals surface area contributed by atoms with Crippen LogP contribution in [0.15, 0.2) is 47.0 Å². The minimum absolute atomic E-state index is 0.000115. The predicted octanol–water partition coefficient (Wildman–Crippen LogP) is 4.00. The van der Waals surface area contributed by atoms with Crippen molar-refractivity contribution in [2.45, 2.75) is 26.3 Å². The highest BCUT2D eigenvalue weighted by atomic mass is 16.6. The highest BCUT2D eigenvalue weighted by molar-refractivity contribution is 5.98. The average molecular weight is 450 g/mol. The number of hydrogen-bond acceptors (Lipinski definition) is 8. The second-order valence-electron chi connectivity index (χ2n) is 8.21. The number of benzene rings is 2. The molecule has 8 nitrogen and oxygen atoms in total. The van der Waals surface area contributed by atoms with Gasteiger partial charge in [-0.3, -0.25) is 9.69 Å². The van der Waals surface area contributed by atoms with E-state index >= 15 is 0 Å². The third kappa shape index (κ3) is 4.71. The molecule has 5 rings (SSSR count). The van der Waals surface area contributed by atoms with Crippen LogP contribution < -0.4 is 14.2 Å². The molecule has 172 valence electrons. The average Bonchev–Trinajstić information content (AvgIpc) is 3.32. The number of ketones is 1. The monoisotopic (exact) mass is 449 g/mol. The smallest absolute Gasteiger partial charge is 0.241 e. The summed E-state index contributed by atoms with van der Waals surface area (Å²) in [6.45, 7) is 5.73. The maximum atomic E-state index is 13.0. The molecule has 2 aromatic carbocycles. The van der Waals surface area contributed by atoms with Crippen LogP contribution in [0.2, 0.25) is 0 Å². The minimum atomic E-state index is 0.000115. The molecule has 1 fully saturated rings. The van der Waals surface area contributed by atoms with Crippen molar-refractivity contribution in [3.63, 3.8) is 0 Å². The number of para-hydroxylation sites is 1. The minimum Gasteiger partial charge on any atom is -0.493 e. The van der Waals surface area contributed by atoms with E-state index in [-0.39, 0.29) is 11.7 Å². The zero-order valence-electron chi connectivity index (χ0n) is 18.7. The van der Waals surface area contributed by atoms with Gasteiger partial charge in [0.25, 0.3) is 0 Å². The molecule has 1 aromatic heterocycles. The molecular formula is C25H27N3O5. The SMILES string of the molecule is CCOc1ccccc1-c1noc(CN2CCC(C(=O)c3ccc4c(c3)OCCO4)CC2)n1. The fraction of sp³-hybridized carbons (Fsp3) is 0.400. The molecule has 1 saturated heterocycles. The van der Waals surface area contributed by atoms with Gasteiger partial charge in [-0.2, -0.15) is 4.98 Å². The molecule has 3 aromatic rings. The number of ether oxygens (including phenoxy) is 3. The number of likely N-dealkylation sites (tertiary alicyclic amines) is 1. The van der Waals surface area contributed by atoms with Gasteiger partial charge in [0, 0.05) is 11.5 Å². The zero-order chi connectivity index (χ0) is 22.6. The number of hydrogen-bond donors (Lipinski definition) is 0. The van der Waals surface area contributed by atoms with Crippen LogP contribution >= 0.6 is 0 Å². The lowest BCUT2D eigenvalue weighted by Crippen LogP contribution is -2.36. The number of nitrogens with zero attached hydrogens (tertiary/aromatic N) is 3. The molecule has 33 heavy (non-hydrogen) atoms. The molecule has 0 saturated carbocycles. The topological polar surface area (TPSA) is 86.9 Å². The van der Waals surface area contributed by atoms with Gasteiger partial charge in [-0.25, -0.2) is 0 Å². The van der Waals surface area contributed by atoms with Gasteiger partial charge in [0.2, 0.25) is 11.7 Å². The highest BCUT2D eigenvalue weighted by Crippen LogP contribution is 2.33. The van der Waals surface area contributed by atoms with Crippen molar-refractivity contribution in [2.24, 2.45) is 5.92 Å². The Hall–Kier alpha value is -3.39. The number of carbonyl (C=O) groups is 1. The zero-order valence-corrected chi connectivity index (χ0v) is 18.7. The Balaban J connectivity index is 1.18. The number of carbonyl (C=O) groups excluding carboxylic acids is 1. The van der Waals surface area contributed by atoms with E-state index in [1.54, 1.807) is 0 Å². The van der Waals surface area contributed by atoms with Crippen molar-refractivity contribution in [1.29, 1.82) is 0 Å². The van der Waals surface area contributed by atoms with Crippen molar-refractivity contribution in [3.05, 3.63) is 53.9 Å². The molecule has 2 aliphatic rings. The molecule has 0 N–H and O–H groups in total. The van der Waals surface area contributed by atoms with Gasteiger partial charge in [-0.1, -0.05) is 17.3 Å². The first-order valence-electron chi connectivity index (χ1n) is 11.4. The largest absolute Gasteiger partial charge is 0.493 e. The summed E-state index contributed by atoms with van der Waals surface area (Å²) < 4.78 is 22.3. The van der Waals surface area contributed by atoms with Gasteiger partial charge in [0.05, 0.1) is 18.7 Å². The van der Waals surface area contributed by atoms with Crippen molar-refractivity contribution in [1.82, 2.24) is 15.0 Å². The molecule has 2 aliphatic heterocycles. The van der Waals surface area contributed by atoms with Gasteiger partial charge in [-0.05, 0) is 63.2 Å². The molecule has 0 amide bonds. The van der Waals surface area contributed by atoms with Crippen molar-refractivity contribution < 1.29 is 23.5 Å². The summed E-state index contributed by atoms with van der Waals surface area (Å²) in [4.78, 5) is 19.8. The normalized spacial score (nSPS) is 16.5. The maximum absolute atomic E-state index is 13.0. The lowest BCUT2D eigenvalue weighted by molar-refractivity contribution is 0.0824. The van der Waals surface area contributed by atoms with Gasteiger partial charge in [-0.15, -0.1) is 0 Å². The van der Waals surface area contributed by atoms with Crippen molar-refractivity contribution >= 4 is 5.78 Å². The van der Waals surface area contributed by atoms with Crippen molar-refractivity contribution in [2.75, 3.05) is 32.9 Å². The number of rotatable bonds is 7. The quantitative estimate of drug-likeness (QED) is 0.500. The molecule has 0 atom stereocenters. The summed E-state index contributed by atoms with van der Waals surface area (Å²) in [5.41, 5.74) is 1.50. The summed E-state index contributed by atoms with van der Waals surface area (Å²) in [6, 6.07) is 13.1. The van der Waals surface area contributed by atoms with Crippen LogP contribution in [-0.2, 0) is 6.54 Å². The Morgan fingerprint density at radius 3 is 2.70 bits per heavy atom. The Kier molecular flexibility index (Phi) is 6.26. The Labute approximate surface area is 192 Å². The molecule has 0 aliphatic carbocycles. The first kappa shape index (κ1) is 21.5. The molecule has 8 heteroatoms. The van der Waals surface area contributed by atoms with Crippen LogP contribution in [0, 0.1) is 5.92 Å².